The molecule has 0 aliphatic carbocycles. The number of hydrogen-bond donors (Lipinski definition) is 2. The molecule has 1 aromatic carbocycles. The fraction of sp³-hybridized carbons (Fsp3) is 0.0714. The van der Waals surface area contributed by atoms with Gasteiger partial charge in [-0.1, -0.05) is 11.6 Å². The highest BCUT2D eigenvalue weighted by Crippen LogP contribution is 2.20. The molecule has 24 heavy (non-hydrogen) atoms. The third kappa shape index (κ3) is 4.40. The van der Waals surface area contributed by atoms with Gasteiger partial charge in [-0.2, -0.15) is 0 Å². The second-order valence-electron chi connectivity index (χ2n) is 4.51. The normalized spacial score (nSPS) is 10.0. The summed E-state index contributed by atoms with van der Waals surface area (Å²) in [4.78, 5) is 37.5. The standard InChI is InChI=1S/C14H11ClN4O5/c15-8-1-4-12(17-6-8)18-13(20)7-24-14(21)10-5-9(19(22)23)2-3-11(10)16/h1-6H,7,16H2,(H,17,18,20). The number of hydrogen-bond acceptors (Lipinski definition) is 7. The number of amides is 1. The molecule has 0 atom stereocenters. The summed E-state index contributed by atoms with van der Waals surface area (Å²) in [7, 11) is 0. The van der Waals surface area contributed by atoms with Gasteiger partial charge in [0, 0.05) is 24.0 Å². The molecule has 2 rings (SSSR count). The maximum atomic E-state index is 11.9. The van der Waals surface area contributed by atoms with Crippen LogP contribution in [-0.4, -0.2) is 28.4 Å². The van der Waals surface area contributed by atoms with Crippen LogP contribution in [0.4, 0.5) is 17.2 Å². The van der Waals surface area contributed by atoms with Crippen molar-refractivity contribution in [1.29, 1.82) is 0 Å². The minimum Gasteiger partial charge on any atom is -0.452 e. The van der Waals surface area contributed by atoms with E-state index in [1.807, 2.05) is 0 Å². The smallest absolute Gasteiger partial charge is 0.341 e. The molecule has 0 fully saturated rings. The molecule has 0 saturated carbocycles. The zero-order valence-corrected chi connectivity index (χ0v) is 12.8. The number of carbonyl (C=O) groups excluding carboxylic acids is 2. The molecule has 0 saturated heterocycles. The Labute approximate surface area is 140 Å². The van der Waals surface area contributed by atoms with Gasteiger partial charge in [0.05, 0.1) is 15.5 Å². The van der Waals surface area contributed by atoms with Crippen LogP contribution in [0.25, 0.3) is 0 Å². The maximum absolute atomic E-state index is 11.9. The van der Waals surface area contributed by atoms with Gasteiger partial charge in [-0.3, -0.25) is 14.9 Å². The lowest BCUT2D eigenvalue weighted by Crippen LogP contribution is -2.21. The Bertz CT molecular complexity index is 794. The Morgan fingerprint density at radius 2 is 2.08 bits per heavy atom. The number of anilines is 2. The molecule has 0 radical (unpaired) electrons. The van der Waals surface area contributed by atoms with Gasteiger partial charge >= 0.3 is 5.97 Å². The first-order chi connectivity index (χ1) is 11.4. The third-order valence-corrected chi connectivity index (χ3v) is 3.02. The van der Waals surface area contributed by atoms with E-state index in [1.54, 1.807) is 0 Å². The molecule has 0 aliphatic heterocycles. The summed E-state index contributed by atoms with van der Waals surface area (Å²) in [6.07, 6.45) is 1.34. The molecule has 9 nitrogen and oxygen atoms in total. The van der Waals surface area contributed by atoms with Crippen molar-refractivity contribution in [2.45, 2.75) is 0 Å². The van der Waals surface area contributed by atoms with Crippen molar-refractivity contribution in [2.24, 2.45) is 0 Å². The van der Waals surface area contributed by atoms with E-state index < -0.39 is 23.4 Å². The van der Waals surface area contributed by atoms with Gasteiger partial charge in [-0.05, 0) is 18.2 Å². The summed E-state index contributed by atoms with van der Waals surface area (Å²) in [6.45, 7) is -0.606. The lowest BCUT2D eigenvalue weighted by atomic mass is 10.1. The van der Waals surface area contributed by atoms with Gasteiger partial charge in [-0.15, -0.1) is 0 Å². The van der Waals surface area contributed by atoms with E-state index in [-0.39, 0.29) is 22.8 Å². The Morgan fingerprint density at radius 1 is 1.33 bits per heavy atom. The monoisotopic (exact) mass is 350 g/mol. The molecule has 0 bridgehead atoms. The quantitative estimate of drug-likeness (QED) is 0.364. The SMILES string of the molecule is Nc1ccc([N+](=O)[O-])cc1C(=O)OCC(=O)Nc1ccc(Cl)cn1. The van der Waals surface area contributed by atoms with Crippen LogP contribution in [-0.2, 0) is 9.53 Å². The number of nitro groups is 1. The van der Waals surface area contributed by atoms with Crippen molar-refractivity contribution >= 4 is 40.7 Å². The van der Waals surface area contributed by atoms with Crippen LogP contribution >= 0.6 is 11.6 Å². The Hall–Kier alpha value is -3.20. The van der Waals surface area contributed by atoms with E-state index in [0.29, 0.717) is 5.02 Å². The fourth-order valence-electron chi connectivity index (χ4n) is 1.67. The van der Waals surface area contributed by atoms with Gasteiger partial charge in [0.2, 0.25) is 0 Å². The lowest BCUT2D eigenvalue weighted by molar-refractivity contribution is -0.384. The average molecular weight is 351 g/mol. The predicted molar refractivity (Wildman–Crippen MR) is 85.7 cm³/mol. The highest BCUT2D eigenvalue weighted by Gasteiger charge is 2.17. The first-order valence-corrected chi connectivity index (χ1v) is 6.87. The molecule has 10 heteroatoms. The molecule has 0 aliphatic rings. The summed E-state index contributed by atoms with van der Waals surface area (Å²) >= 11 is 5.66. The van der Waals surface area contributed by atoms with Crippen LogP contribution < -0.4 is 11.1 Å². The highest BCUT2D eigenvalue weighted by molar-refractivity contribution is 6.30. The number of pyridine rings is 1. The number of halogens is 1. The third-order valence-electron chi connectivity index (χ3n) is 2.80. The van der Waals surface area contributed by atoms with Gasteiger partial charge in [0.25, 0.3) is 11.6 Å². The number of non-ortho nitro benzene ring substituents is 1. The predicted octanol–water partition coefficient (Wildman–Crippen LogP) is 2.02. The number of rotatable bonds is 5. The van der Waals surface area contributed by atoms with Crippen molar-refractivity contribution in [3.05, 3.63) is 57.2 Å². The molecule has 3 N–H and O–H groups in total. The molecule has 2 aromatic rings. The number of ether oxygens (including phenoxy) is 1. The molecular weight excluding hydrogens is 340 g/mol. The van der Waals surface area contributed by atoms with E-state index in [2.05, 4.69) is 10.3 Å². The van der Waals surface area contributed by atoms with E-state index in [9.17, 15) is 19.7 Å². The zero-order chi connectivity index (χ0) is 17.7. The van der Waals surface area contributed by atoms with Crippen molar-refractivity contribution in [3.8, 4) is 0 Å². The van der Waals surface area contributed by atoms with Crippen LogP contribution in [0.3, 0.4) is 0 Å². The van der Waals surface area contributed by atoms with Gasteiger partial charge in [0.15, 0.2) is 6.61 Å². The summed E-state index contributed by atoms with van der Waals surface area (Å²) in [5, 5.41) is 13.5. The first-order valence-electron chi connectivity index (χ1n) is 6.49. The minimum absolute atomic E-state index is 0.00498. The Morgan fingerprint density at radius 3 is 2.71 bits per heavy atom. The summed E-state index contributed by atoms with van der Waals surface area (Å²) in [5.74, 6) is -1.35. The van der Waals surface area contributed by atoms with E-state index >= 15 is 0 Å². The van der Waals surface area contributed by atoms with Gasteiger partial charge in [-0.25, -0.2) is 9.78 Å². The highest BCUT2D eigenvalue weighted by atomic mass is 35.5. The molecule has 0 unspecified atom stereocenters. The second-order valence-corrected chi connectivity index (χ2v) is 4.95. The van der Waals surface area contributed by atoms with E-state index in [1.165, 1.54) is 24.4 Å². The summed E-state index contributed by atoms with van der Waals surface area (Å²) < 4.78 is 4.79. The zero-order valence-electron chi connectivity index (χ0n) is 12.1. The second kappa shape index (κ2) is 7.38. The molecule has 1 amide bonds. The topological polar surface area (TPSA) is 137 Å². The van der Waals surface area contributed by atoms with Gasteiger partial charge < -0.3 is 15.8 Å². The van der Waals surface area contributed by atoms with Crippen LogP contribution in [0, 0.1) is 10.1 Å². The van der Waals surface area contributed by atoms with Crippen LogP contribution in [0.15, 0.2) is 36.5 Å². The van der Waals surface area contributed by atoms with Crippen molar-refractivity contribution < 1.29 is 19.2 Å². The first kappa shape index (κ1) is 17.2. The molecule has 0 spiro atoms. The Kier molecular flexibility index (Phi) is 5.27. The number of nitrogens with two attached hydrogens (primary N) is 1. The Balaban J connectivity index is 1.97. The number of nitro benzene ring substituents is 1. The van der Waals surface area contributed by atoms with Gasteiger partial charge in [0.1, 0.15) is 5.82 Å². The summed E-state index contributed by atoms with van der Waals surface area (Å²) in [5.41, 5.74) is 5.09. The van der Waals surface area contributed by atoms with E-state index in [0.717, 1.165) is 12.1 Å². The lowest BCUT2D eigenvalue weighted by Gasteiger charge is -2.07. The number of esters is 1. The fourth-order valence-corrected chi connectivity index (χ4v) is 1.78. The number of aromatic nitrogens is 1. The average Bonchev–Trinajstić information content (AvgIpc) is 2.55. The minimum atomic E-state index is -0.949. The van der Waals surface area contributed by atoms with Crippen molar-refractivity contribution in [3.63, 3.8) is 0 Å². The largest absolute Gasteiger partial charge is 0.452 e. The molecule has 1 heterocycles. The maximum Gasteiger partial charge on any atom is 0.341 e. The molecular formula is C14H11ClN4O5. The number of carbonyl (C=O) groups is 2. The number of nitrogens with one attached hydrogen (secondary N) is 1. The summed E-state index contributed by atoms with van der Waals surface area (Å²) in [6, 6.07) is 6.36. The number of nitrogens with zero attached hydrogens (tertiary/aromatic N) is 2. The van der Waals surface area contributed by atoms with Crippen molar-refractivity contribution in [2.75, 3.05) is 17.7 Å². The van der Waals surface area contributed by atoms with Crippen LogP contribution in [0.1, 0.15) is 10.4 Å². The number of nitrogen functional groups attached to an aromatic ring is 1. The van der Waals surface area contributed by atoms with Crippen molar-refractivity contribution in [1.82, 2.24) is 4.98 Å². The molecule has 124 valence electrons. The van der Waals surface area contributed by atoms with Crippen LogP contribution in [0.5, 0.6) is 0 Å². The number of benzene rings is 1. The molecule has 1 aromatic heterocycles. The van der Waals surface area contributed by atoms with Crippen LogP contribution in [0.2, 0.25) is 5.02 Å². The van der Waals surface area contributed by atoms with E-state index in [4.69, 9.17) is 22.1 Å².